The molecule has 0 aliphatic heterocycles. The van der Waals surface area contributed by atoms with Crippen molar-refractivity contribution in [1.29, 1.82) is 0 Å². The fourth-order valence-electron chi connectivity index (χ4n) is 0. The van der Waals surface area contributed by atoms with E-state index in [-0.39, 0.29) is 51.4 Å². The first-order valence-corrected chi connectivity index (χ1v) is 0.533. The molecule has 26 valence electrons. The van der Waals surface area contributed by atoms with Crippen LogP contribution >= 0.6 is 0 Å². The summed E-state index contributed by atoms with van der Waals surface area (Å²) in [7, 11) is 0. The molecule has 0 amide bonds. The normalized spacial score (nSPS) is 1.60. The monoisotopic (exact) mass is 100.0 g/mol. The molecule has 0 rings (SSSR count). The van der Waals surface area contributed by atoms with Gasteiger partial charge in [-0.15, -0.1) is 12.8 Å². The Bertz CT molecular complexity index is 12.4. The molecule has 5 heavy (non-hydrogen) atoms. The molecule has 0 radical (unpaired) electrons. The van der Waals surface area contributed by atoms with Crippen LogP contribution in [0.25, 0.3) is 0 Å². The summed E-state index contributed by atoms with van der Waals surface area (Å²) in [6.07, 6.45) is 8.00. The van der Waals surface area contributed by atoms with Crippen molar-refractivity contribution < 1.29 is 10.5 Å². The second-order valence-corrected chi connectivity index (χ2v) is 0. The molecule has 0 aliphatic carbocycles. The molecule has 0 atom stereocenters. The molecule has 0 aliphatic rings. The van der Waals surface area contributed by atoms with Crippen LogP contribution < -0.4 is 0 Å². The summed E-state index contributed by atoms with van der Waals surface area (Å²) in [6.45, 7) is 0. The van der Waals surface area contributed by atoms with E-state index in [1.54, 1.807) is 0 Å². The summed E-state index contributed by atoms with van der Waals surface area (Å²) in [4.78, 5) is 0. The summed E-state index contributed by atoms with van der Waals surface area (Å²) in [5.41, 5.74) is 0. The van der Waals surface area contributed by atoms with Gasteiger partial charge in [-0.3, -0.25) is 10.5 Å². The molecule has 0 heterocycles. The maximum absolute atomic E-state index is 6.00. The second-order valence-electron chi connectivity index (χ2n) is 0. The third kappa shape index (κ3) is 39.9. The summed E-state index contributed by atoms with van der Waals surface area (Å²) < 4.78 is 0. The Kier molecular flexibility index (Phi) is 229. The average molecular weight is 100 g/mol. The van der Waals surface area contributed by atoms with E-state index in [1.165, 1.54) is 0 Å². The Hall–Kier alpha value is 1.12. The Labute approximate surface area is 73.5 Å². The minimum atomic E-state index is 0. The van der Waals surface area contributed by atoms with Crippen LogP contribution in [0, 0.1) is 12.8 Å². The topological polar surface area (TPSA) is 40.5 Å². The molecule has 0 fully saturated rings. The Morgan fingerprint density at radius 2 is 1.00 bits per heavy atom. The van der Waals surface area contributed by atoms with Crippen LogP contribution in [-0.4, -0.2) is 61.9 Å². The van der Waals surface area contributed by atoms with E-state index in [0.717, 1.165) is 0 Å². The van der Waals surface area contributed by atoms with Crippen molar-refractivity contribution in [1.82, 2.24) is 0 Å². The minimum absolute atomic E-state index is 0. The summed E-state index contributed by atoms with van der Waals surface area (Å²) in [6, 6.07) is 0. The van der Waals surface area contributed by atoms with Crippen LogP contribution in [0.15, 0.2) is 0 Å². The quantitative estimate of drug-likeness (QED) is 0.188. The number of rotatable bonds is 0. The zero-order valence-corrected chi connectivity index (χ0v) is 2.05. The average Bonchev–Trinajstić information content (AvgIpc) is 1.50. The third-order valence-corrected chi connectivity index (χ3v) is 0. The van der Waals surface area contributed by atoms with Crippen LogP contribution in [0.1, 0.15) is 0 Å². The molecule has 0 unspecified atom stereocenters. The zero-order chi connectivity index (χ0) is 4.00. The Morgan fingerprint density at radius 3 is 1.00 bits per heavy atom. The van der Waals surface area contributed by atoms with Crippen molar-refractivity contribution in [3.63, 3.8) is 0 Å². The molecule has 0 aromatic heterocycles. The molecule has 0 bridgehead atoms. The van der Waals surface area contributed by atoms with Crippen molar-refractivity contribution in [2.45, 2.75) is 0 Å². The predicted molar refractivity (Wildman–Crippen MR) is 22.3 cm³/mol. The van der Waals surface area contributed by atoms with E-state index in [1.807, 2.05) is 0 Å². The maximum atomic E-state index is 6.00. The molecule has 0 saturated heterocycles. The third-order valence-electron chi connectivity index (χ3n) is 0. The number of terminal acetylenes is 1. The van der Waals surface area contributed by atoms with Gasteiger partial charge in [0.15, 0.2) is 0 Å². The molecule has 0 aromatic carbocycles. The van der Waals surface area contributed by atoms with Gasteiger partial charge in [-0.25, -0.2) is 0 Å². The van der Waals surface area contributed by atoms with E-state index in [2.05, 4.69) is 12.8 Å². The van der Waals surface area contributed by atoms with Crippen LogP contribution in [0.4, 0.5) is 0 Å². The number of hydrogen-bond acceptors (Lipinski definition) is 2. The fourth-order valence-corrected chi connectivity index (χ4v) is 0. The van der Waals surface area contributed by atoms with Crippen LogP contribution in [0.2, 0.25) is 0 Å². The second kappa shape index (κ2) is 69.6. The standard InChI is InChI=1S/C2H2.K.H2O2.H/c1-2;;1-2;/h1-2H;;1-2H;. The molecule has 2 nitrogen and oxygen atoms in total. The van der Waals surface area contributed by atoms with Crippen molar-refractivity contribution in [2.24, 2.45) is 0 Å². The van der Waals surface area contributed by atoms with E-state index in [9.17, 15) is 0 Å². The van der Waals surface area contributed by atoms with Gasteiger partial charge in [-0.1, -0.05) is 0 Å². The van der Waals surface area contributed by atoms with Gasteiger partial charge in [0.05, 0.1) is 0 Å². The van der Waals surface area contributed by atoms with Gasteiger partial charge in [0, 0.05) is 0 Å². The SMILES string of the molecule is C#C.OO.[KH]. The van der Waals surface area contributed by atoms with Crippen molar-refractivity contribution in [3.8, 4) is 12.8 Å². The summed E-state index contributed by atoms with van der Waals surface area (Å²) >= 11 is 0. The van der Waals surface area contributed by atoms with Gasteiger partial charge in [-0.2, -0.15) is 0 Å². The van der Waals surface area contributed by atoms with Gasteiger partial charge in [0.2, 0.25) is 0 Å². The fraction of sp³-hybridized carbons (Fsp3) is 0. The predicted octanol–water partition coefficient (Wildman–Crippen LogP) is -0.382. The van der Waals surface area contributed by atoms with Gasteiger partial charge in [-0.05, 0) is 0 Å². The molecule has 2 N–H and O–H groups in total. The van der Waals surface area contributed by atoms with Crippen LogP contribution in [0.5, 0.6) is 0 Å². The van der Waals surface area contributed by atoms with Crippen LogP contribution in [0.3, 0.4) is 0 Å². The molecule has 3 heteroatoms. The van der Waals surface area contributed by atoms with E-state index < -0.39 is 0 Å². The first kappa shape index (κ1) is 16.5. The van der Waals surface area contributed by atoms with Crippen molar-refractivity contribution in [2.75, 3.05) is 0 Å². The van der Waals surface area contributed by atoms with Crippen molar-refractivity contribution in [3.05, 3.63) is 0 Å². The molecule has 0 aromatic rings. The van der Waals surface area contributed by atoms with E-state index >= 15 is 0 Å². The molecule has 0 spiro atoms. The van der Waals surface area contributed by atoms with Crippen molar-refractivity contribution >= 4 is 51.4 Å². The Balaban J connectivity index is -0.0000000133. The first-order chi connectivity index (χ1) is 2.00. The van der Waals surface area contributed by atoms with Gasteiger partial charge >= 0.3 is 51.4 Å². The Morgan fingerprint density at radius 1 is 1.00 bits per heavy atom. The van der Waals surface area contributed by atoms with Gasteiger partial charge in [0.1, 0.15) is 0 Å². The van der Waals surface area contributed by atoms with E-state index in [0.29, 0.717) is 0 Å². The molecule has 0 saturated carbocycles. The van der Waals surface area contributed by atoms with Crippen LogP contribution in [-0.2, 0) is 0 Å². The summed E-state index contributed by atoms with van der Waals surface area (Å²) in [5.74, 6) is 0. The van der Waals surface area contributed by atoms with E-state index in [4.69, 9.17) is 10.5 Å². The molecular formula is C2H5KO2. The van der Waals surface area contributed by atoms with Gasteiger partial charge < -0.3 is 0 Å². The van der Waals surface area contributed by atoms with Gasteiger partial charge in [0.25, 0.3) is 0 Å². The zero-order valence-electron chi connectivity index (χ0n) is 2.05. The first-order valence-electron chi connectivity index (χ1n) is 0.533. The number of hydrogen-bond donors (Lipinski definition) is 2. The summed E-state index contributed by atoms with van der Waals surface area (Å²) in [5, 5.41) is 12.0. The molecular weight excluding hydrogens is 95.1 g/mol.